The van der Waals surface area contributed by atoms with Gasteiger partial charge in [0, 0.05) is 7.05 Å². The summed E-state index contributed by atoms with van der Waals surface area (Å²) in [6.07, 6.45) is 0. The second-order valence-electron chi connectivity index (χ2n) is 5.84. The van der Waals surface area contributed by atoms with Gasteiger partial charge >= 0.3 is 0 Å². The van der Waals surface area contributed by atoms with E-state index in [0.717, 1.165) is 16.7 Å². The van der Waals surface area contributed by atoms with E-state index in [2.05, 4.69) is 11.6 Å². The van der Waals surface area contributed by atoms with Crippen molar-refractivity contribution in [1.29, 1.82) is 0 Å². The third-order valence-electron chi connectivity index (χ3n) is 4.10. The van der Waals surface area contributed by atoms with Crippen LogP contribution in [0.4, 0.5) is 0 Å². The highest BCUT2D eigenvalue weighted by molar-refractivity contribution is 5.82. The van der Waals surface area contributed by atoms with Crippen LogP contribution in [-0.2, 0) is 18.4 Å². The summed E-state index contributed by atoms with van der Waals surface area (Å²) in [5, 5.41) is 0.602. The van der Waals surface area contributed by atoms with E-state index in [-0.39, 0.29) is 5.56 Å². The molecule has 1 aromatic heterocycles. The Labute approximate surface area is 141 Å². The van der Waals surface area contributed by atoms with Gasteiger partial charge in [-0.15, -0.1) is 0 Å². The van der Waals surface area contributed by atoms with Gasteiger partial charge < -0.3 is 4.74 Å². The van der Waals surface area contributed by atoms with Crippen LogP contribution in [0.25, 0.3) is 16.5 Å². The van der Waals surface area contributed by atoms with Gasteiger partial charge in [-0.05, 0) is 35.8 Å². The topological polar surface area (TPSA) is 44.1 Å². The van der Waals surface area contributed by atoms with Crippen molar-refractivity contribution in [2.45, 2.75) is 13.5 Å². The largest absolute Gasteiger partial charge is 0.372 e. The van der Waals surface area contributed by atoms with Gasteiger partial charge in [-0.3, -0.25) is 9.36 Å². The SMILES string of the molecule is C=C(COCc1ccccc1)c1ccc2nc(C)n(C)c(=O)c2c1. The highest BCUT2D eigenvalue weighted by Crippen LogP contribution is 2.18. The predicted octanol–water partition coefficient (Wildman–Crippen LogP) is 3.47. The lowest BCUT2D eigenvalue weighted by molar-refractivity contribution is 0.153. The molecule has 0 aliphatic rings. The average Bonchev–Trinajstić information content (AvgIpc) is 2.60. The van der Waals surface area contributed by atoms with Crippen LogP contribution in [0.5, 0.6) is 0 Å². The lowest BCUT2D eigenvalue weighted by Crippen LogP contribution is -2.20. The van der Waals surface area contributed by atoms with Crippen LogP contribution in [0.3, 0.4) is 0 Å². The molecule has 4 heteroatoms. The Hall–Kier alpha value is -2.72. The fraction of sp³-hybridized carbons (Fsp3) is 0.200. The first-order valence-electron chi connectivity index (χ1n) is 7.83. The van der Waals surface area contributed by atoms with Gasteiger partial charge in [-0.2, -0.15) is 0 Å². The zero-order valence-corrected chi connectivity index (χ0v) is 14.0. The maximum Gasteiger partial charge on any atom is 0.261 e. The van der Waals surface area contributed by atoms with Crippen molar-refractivity contribution in [2.24, 2.45) is 7.05 Å². The second-order valence-corrected chi connectivity index (χ2v) is 5.84. The van der Waals surface area contributed by atoms with E-state index in [1.54, 1.807) is 11.6 Å². The summed E-state index contributed by atoms with van der Waals surface area (Å²) in [5.74, 6) is 0.699. The molecule has 3 rings (SSSR count). The Morgan fingerprint density at radius 3 is 2.71 bits per heavy atom. The summed E-state index contributed by atoms with van der Waals surface area (Å²) in [5.41, 5.74) is 3.53. The van der Waals surface area contributed by atoms with E-state index >= 15 is 0 Å². The van der Waals surface area contributed by atoms with Crippen molar-refractivity contribution in [2.75, 3.05) is 6.61 Å². The Morgan fingerprint density at radius 2 is 1.96 bits per heavy atom. The zero-order chi connectivity index (χ0) is 17.1. The number of benzene rings is 2. The summed E-state index contributed by atoms with van der Waals surface area (Å²) < 4.78 is 7.28. The molecule has 0 saturated carbocycles. The van der Waals surface area contributed by atoms with Crippen molar-refractivity contribution in [1.82, 2.24) is 9.55 Å². The highest BCUT2D eigenvalue weighted by atomic mass is 16.5. The van der Waals surface area contributed by atoms with Crippen molar-refractivity contribution in [3.05, 3.63) is 82.4 Å². The quantitative estimate of drug-likeness (QED) is 0.723. The van der Waals surface area contributed by atoms with Gasteiger partial charge in [0.1, 0.15) is 5.82 Å². The van der Waals surface area contributed by atoms with Crippen molar-refractivity contribution < 1.29 is 4.74 Å². The molecule has 0 fully saturated rings. The Morgan fingerprint density at radius 1 is 1.21 bits per heavy atom. The predicted molar refractivity (Wildman–Crippen MR) is 96.9 cm³/mol. The number of aromatic nitrogens is 2. The minimum absolute atomic E-state index is 0.0441. The summed E-state index contributed by atoms with van der Waals surface area (Å²) in [6, 6.07) is 15.6. The monoisotopic (exact) mass is 320 g/mol. The molecule has 0 radical (unpaired) electrons. The van der Waals surface area contributed by atoms with Gasteiger partial charge in [-0.1, -0.05) is 43.0 Å². The highest BCUT2D eigenvalue weighted by Gasteiger charge is 2.08. The molecule has 1 heterocycles. The Bertz CT molecular complexity index is 943. The molecule has 0 N–H and O–H groups in total. The number of aryl methyl sites for hydroxylation is 1. The number of nitrogens with zero attached hydrogens (tertiary/aromatic N) is 2. The molecule has 0 aliphatic heterocycles. The maximum absolute atomic E-state index is 12.4. The van der Waals surface area contributed by atoms with Gasteiger partial charge in [0.05, 0.1) is 24.1 Å². The van der Waals surface area contributed by atoms with Gasteiger partial charge in [0.15, 0.2) is 0 Å². The Kier molecular flexibility index (Phi) is 4.58. The van der Waals surface area contributed by atoms with Gasteiger partial charge in [0.2, 0.25) is 0 Å². The third kappa shape index (κ3) is 3.29. The average molecular weight is 320 g/mol. The molecule has 0 aliphatic carbocycles. The van der Waals surface area contributed by atoms with Crippen LogP contribution < -0.4 is 5.56 Å². The van der Waals surface area contributed by atoms with E-state index in [0.29, 0.717) is 29.9 Å². The Balaban J connectivity index is 1.76. The maximum atomic E-state index is 12.4. The molecule has 24 heavy (non-hydrogen) atoms. The molecule has 2 aromatic carbocycles. The normalized spacial score (nSPS) is 10.9. The molecule has 4 nitrogen and oxygen atoms in total. The molecule has 0 spiro atoms. The van der Waals surface area contributed by atoms with Crippen LogP contribution in [0.15, 0.2) is 59.9 Å². The lowest BCUT2D eigenvalue weighted by atomic mass is 10.1. The standard InChI is InChI=1S/C20H20N2O2/c1-14(12-24-13-16-7-5-4-6-8-16)17-9-10-19-18(11-17)20(23)22(3)15(2)21-19/h4-11H,1,12-13H2,2-3H3. The number of rotatable bonds is 5. The number of hydrogen-bond donors (Lipinski definition) is 0. The van der Waals surface area contributed by atoms with Crippen LogP contribution >= 0.6 is 0 Å². The number of fused-ring (bicyclic) bond motifs is 1. The van der Waals surface area contributed by atoms with Gasteiger partial charge in [0.25, 0.3) is 5.56 Å². The molecular weight excluding hydrogens is 300 g/mol. The first-order valence-corrected chi connectivity index (χ1v) is 7.83. The summed E-state index contributed by atoms with van der Waals surface area (Å²) in [4.78, 5) is 16.8. The molecule has 0 saturated heterocycles. The third-order valence-corrected chi connectivity index (χ3v) is 4.10. The van der Waals surface area contributed by atoms with E-state index < -0.39 is 0 Å². The van der Waals surface area contributed by atoms with Crippen molar-refractivity contribution in [3.8, 4) is 0 Å². The fourth-order valence-corrected chi connectivity index (χ4v) is 2.55. The summed E-state index contributed by atoms with van der Waals surface area (Å²) in [7, 11) is 1.73. The molecular formula is C20H20N2O2. The van der Waals surface area contributed by atoms with E-state index in [1.165, 1.54) is 0 Å². The van der Waals surface area contributed by atoms with E-state index in [4.69, 9.17) is 4.74 Å². The molecule has 3 aromatic rings. The van der Waals surface area contributed by atoms with E-state index in [1.807, 2.05) is 55.5 Å². The van der Waals surface area contributed by atoms with Crippen molar-refractivity contribution in [3.63, 3.8) is 0 Å². The molecule has 122 valence electrons. The van der Waals surface area contributed by atoms with Crippen LogP contribution in [0, 0.1) is 6.92 Å². The summed E-state index contributed by atoms with van der Waals surface area (Å²) >= 11 is 0. The molecule has 0 unspecified atom stereocenters. The lowest BCUT2D eigenvalue weighted by Gasteiger charge is -2.10. The van der Waals surface area contributed by atoms with Crippen LogP contribution in [0.1, 0.15) is 17.0 Å². The fourth-order valence-electron chi connectivity index (χ4n) is 2.55. The summed E-state index contributed by atoms with van der Waals surface area (Å²) in [6.45, 7) is 6.86. The minimum Gasteiger partial charge on any atom is -0.372 e. The number of hydrogen-bond acceptors (Lipinski definition) is 3. The van der Waals surface area contributed by atoms with Crippen LogP contribution in [0.2, 0.25) is 0 Å². The molecule has 0 amide bonds. The first kappa shape index (κ1) is 16.1. The smallest absolute Gasteiger partial charge is 0.261 e. The zero-order valence-electron chi connectivity index (χ0n) is 14.0. The van der Waals surface area contributed by atoms with Gasteiger partial charge in [-0.25, -0.2) is 4.98 Å². The first-order chi connectivity index (χ1) is 11.6. The minimum atomic E-state index is -0.0441. The molecule has 0 bridgehead atoms. The second kappa shape index (κ2) is 6.81. The van der Waals surface area contributed by atoms with Crippen molar-refractivity contribution >= 4 is 16.5 Å². The van der Waals surface area contributed by atoms with E-state index in [9.17, 15) is 4.79 Å². The molecule has 0 atom stereocenters. The number of ether oxygens (including phenoxy) is 1. The van der Waals surface area contributed by atoms with Crippen LogP contribution in [-0.4, -0.2) is 16.2 Å².